The molecule has 1 heterocycles. The van der Waals surface area contributed by atoms with E-state index in [9.17, 15) is 4.79 Å². The van der Waals surface area contributed by atoms with Gasteiger partial charge in [0, 0.05) is 18.0 Å². The molecule has 0 aromatic heterocycles. The van der Waals surface area contributed by atoms with Crippen LogP contribution in [-0.2, 0) is 10.2 Å². The molecule has 1 amide bonds. The zero-order chi connectivity index (χ0) is 19.1. The van der Waals surface area contributed by atoms with E-state index in [1.54, 1.807) is 13.2 Å². The minimum atomic E-state index is -0.105. The van der Waals surface area contributed by atoms with Gasteiger partial charge in [-0.2, -0.15) is 0 Å². The lowest BCUT2D eigenvalue weighted by molar-refractivity contribution is -0.123. The highest BCUT2D eigenvalue weighted by Gasteiger charge is 2.35. The van der Waals surface area contributed by atoms with Crippen LogP contribution in [0.25, 0.3) is 0 Å². The Morgan fingerprint density at radius 3 is 2.48 bits per heavy atom. The molecule has 1 saturated heterocycles. The number of hydrogen-bond acceptors (Lipinski definition) is 4. The Morgan fingerprint density at radius 2 is 1.78 bits per heavy atom. The molecule has 1 N–H and O–H groups in total. The first kappa shape index (κ1) is 19.2. The maximum Gasteiger partial charge on any atom is 0.257 e. The van der Waals surface area contributed by atoms with Gasteiger partial charge in [-0.25, -0.2) is 0 Å². The van der Waals surface area contributed by atoms with Crippen molar-refractivity contribution in [3.63, 3.8) is 0 Å². The van der Waals surface area contributed by atoms with Gasteiger partial charge in [-0.1, -0.05) is 36.4 Å². The third kappa shape index (κ3) is 5.01. The number of hydrogen-bond donors (Lipinski definition) is 1. The Balaban J connectivity index is 1.59. The third-order valence-corrected chi connectivity index (χ3v) is 5.37. The number of nitrogens with one attached hydrogen (secondary N) is 1. The van der Waals surface area contributed by atoms with Gasteiger partial charge in [-0.3, -0.25) is 4.79 Å². The van der Waals surface area contributed by atoms with Gasteiger partial charge in [-0.15, -0.1) is 0 Å². The van der Waals surface area contributed by atoms with Crippen LogP contribution >= 0.6 is 0 Å². The maximum absolute atomic E-state index is 12.4. The Kier molecular flexibility index (Phi) is 6.35. The van der Waals surface area contributed by atoms with Crippen LogP contribution in [0.4, 0.5) is 0 Å². The predicted molar refractivity (Wildman–Crippen MR) is 106 cm³/mol. The van der Waals surface area contributed by atoms with Crippen molar-refractivity contribution in [2.75, 3.05) is 40.4 Å². The van der Waals surface area contributed by atoms with Gasteiger partial charge in [0.05, 0.1) is 7.11 Å². The molecule has 0 atom stereocenters. The lowest BCUT2D eigenvalue weighted by Crippen LogP contribution is -2.48. The molecule has 0 saturated carbocycles. The monoisotopic (exact) mass is 368 g/mol. The largest absolute Gasteiger partial charge is 0.497 e. The van der Waals surface area contributed by atoms with Gasteiger partial charge < -0.3 is 19.7 Å². The molecule has 0 bridgehead atoms. The molecular formula is C22H28N2O3. The van der Waals surface area contributed by atoms with Crippen molar-refractivity contribution in [2.45, 2.75) is 18.3 Å². The summed E-state index contributed by atoms with van der Waals surface area (Å²) >= 11 is 0. The van der Waals surface area contributed by atoms with Gasteiger partial charge in [0.15, 0.2) is 6.61 Å². The number of benzene rings is 2. The topological polar surface area (TPSA) is 50.8 Å². The number of nitrogens with zero attached hydrogens (tertiary/aromatic N) is 1. The lowest BCUT2D eigenvalue weighted by Gasteiger charge is -2.41. The Bertz CT molecular complexity index is 740. The zero-order valence-electron chi connectivity index (χ0n) is 16.1. The van der Waals surface area contributed by atoms with Crippen LogP contribution in [0, 0.1) is 0 Å². The van der Waals surface area contributed by atoms with Crippen LogP contribution in [0.2, 0.25) is 0 Å². The summed E-state index contributed by atoms with van der Waals surface area (Å²) in [6.07, 6.45) is 2.06. The highest BCUT2D eigenvalue weighted by atomic mass is 16.5. The SMILES string of the molecule is COc1cccc(OCC(=O)NCC2(c3ccccc3)CCN(C)CC2)c1. The molecule has 0 aliphatic carbocycles. The highest BCUT2D eigenvalue weighted by Crippen LogP contribution is 2.34. The molecule has 27 heavy (non-hydrogen) atoms. The molecule has 5 heteroatoms. The molecule has 1 fully saturated rings. The first-order chi connectivity index (χ1) is 13.1. The van der Waals surface area contributed by atoms with Gasteiger partial charge in [0.1, 0.15) is 11.5 Å². The van der Waals surface area contributed by atoms with Crippen LogP contribution in [0.5, 0.6) is 11.5 Å². The maximum atomic E-state index is 12.4. The molecule has 1 aliphatic rings. The summed E-state index contributed by atoms with van der Waals surface area (Å²) in [6.45, 7) is 2.69. The standard InChI is InChI=1S/C22H28N2O3/c1-24-13-11-22(12-14-24,18-7-4-3-5-8-18)17-23-21(25)16-27-20-10-6-9-19(15-20)26-2/h3-10,15H,11-14,16-17H2,1-2H3,(H,23,25). The summed E-state index contributed by atoms with van der Waals surface area (Å²) in [4.78, 5) is 14.7. The van der Waals surface area contributed by atoms with E-state index in [0.29, 0.717) is 18.0 Å². The van der Waals surface area contributed by atoms with Crippen molar-refractivity contribution in [2.24, 2.45) is 0 Å². The van der Waals surface area contributed by atoms with E-state index in [0.717, 1.165) is 25.9 Å². The summed E-state index contributed by atoms with van der Waals surface area (Å²) < 4.78 is 10.8. The van der Waals surface area contributed by atoms with Crippen LogP contribution in [0.3, 0.4) is 0 Å². The van der Waals surface area contributed by atoms with Crippen molar-refractivity contribution < 1.29 is 14.3 Å². The number of methoxy groups -OCH3 is 1. The smallest absolute Gasteiger partial charge is 0.257 e. The number of rotatable bonds is 7. The summed E-state index contributed by atoms with van der Waals surface area (Å²) in [6, 6.07) is 17.8. The number of amides is 1. The molecule has 2 aromatic rings. The summed E-state index contributed by atoms with van der Waals surface area (Å²) in [7, 11) is 3.76. The molecule has 0 radical (unpaired) electrons. The van der Waals surface area contributed by atoms with Gasteiger partial charge in [0.2, 0.25) is 0 Å². The highest BCUT2D eigenvalue weighted by molar-refractivity contribution is 5.77. The van der Waals surface area contributed by atoms with Crippen LogP contribution in [0.15, 0.2) is 54.6 Å². The van der Waals surface area contributed by atoms with Crippen molar-refractivity contribution in [3.8, 4) is 11.5 Å². The van der Waals surface area contributed by atoms with Gasteiger partial charge in [0.25, 0.3) is 5.91 Å². The molecule has 0 unspecified atom stereocenters. The fourth-order valence-corrected chi connectivity index (χ4v) is 3.56. The summed E-state index contributed by atoms with van der Waals surface area (Å²) in [5.41, 5.74) is 1.28. The first-order valence-corrected chi connectivity index (χ1v) is 9.39. The first-order valence-electron chi connectivity index (χ1n) is 9.39. The summed E-state index contributed by atoms with van der Waals surface area (Å²) in [5.74, 6) is 1.23. The second-order valence-electron chi connectivity index (χ2n) is 7.19. The normalized spacial score (nSPS) is 16.5. The molecular weight excluding hydrogens is 340 g/mol. The number of ether oxygens (including phenoxy) is 2. The van der Waals surface area contributed by atoms with Crippen molar-refractivity contribution in [3.05, 3.63) is 60.2 Å². The Labute approximate surface area is 161 Å². The number of likely N-dealkylation sites (tertiary alicyclic amines) is 1. The minimum Gasteiger partial charge on any atom is -0.497 e. The molecule has 5 nitrogen and oxygen atoms in total. The number of carbonyl (C=O) groups excluding carboxylic acids is 1. The van der Waals surface area contributed by atoms with E-state index in [1.807, 2.05) is 24.3 Å². The molecule has 1 aliphatic heterocycles. The minimum absolute atomic E-state index is 0.00204. The van der Waals surface area contributed by atoms with E-state index in [-0.39, 0.29) is 17.9 Å². The predicted octanol–water partition coefficient (Wildman–Crippen LogP) is 2.85. The molecule has 2 aromatic carbocycles. The third-order valence-electron chi connectivity index (χ3n) is 5.37. The average molecular weight is 368 g/mol. The van der Waals surface area contributed by atoms with E-state index >= 15 is 0 Å². The van der Waals surface area contributed by atoms with Gasteiger partial charge >= 0.3 is 0 Å². The fraction of sp³-hybridized carbons (Fsp3) is 0.409. The number of carbonyl (C=O) groups is 1. The van der Waals surface area contributed by atoms with Crippen molar-refractivity contribution in [1.82, 2.24) is 10.2 Å². The van der Waals surface area contributed by atoms with Crippen LogP contribution in [0.1, 0.15) is 18.4 Å². The molecule has 0 spiro atoms. The summed E-state index contributed by atoms with van der Waals surface area (Å²) in [5, 5.41) is 3.09. The van der Waals surface area contributed by atoms with Crippen LogP contribution in [-0.4, -0.2) is 51.2 Å². The zero-order valence-corrected chi connectivity index (χ0v) is 16.1. The van der Waals surface area contributed by atoms with Crippen LogP contribution < -0.4 is 14.8 Å². The fourth-order valence-electron chi connectivity index (χ4n) is 3.56. The quantitative estimate of drug-likeness (QED) is 0.817. The van der Waals surface area contributed by atoms with E-state index < -0.39 is 0 Å². The van der Waals surface area contributed by atoms with E-state index in [1.165, 1.54) is 5.56 Å². The van der Waals surface area contributed by atoms with E-state index in [2.05, 4.69) is 41.5 Å². The second-order valence-corrected chi connectivity index (χ2v) is 7.19. The Hall–Kier alpha value is -2.53. The second kappa shape index (κ2) is 8.91. The Morgan fingerprint density at radius 1 is 1.07 bits per heavy atom. The molecule has 3 rings (SSSR count). The average Bonchev–Trinajstić information content (AvgIpc) is 2.73. The lowest BCUT2D eigenvalue weighted by atomic mass is 9.72. The van der Waals surface area contributed by atoms with E-state index in [4.69, 9.17) is 9.47 Å². The van der Waals surface area contributed by atoms with Gasteiger partial charge in [-0.05, 0) is 50.7 Å². The number of piperidine rings is 1. The molecule has 144 valence electrons. The van der Waals surface area contributed by atoms with Crippen molar-refractivity contribution >= 4 is 5.91 Å². The van der Waals surface area contributed by atoms with Crippen molar-refractivity contribution in [1.29, 1.82) is 0 Å².